The molecule has 27 heavy (non-hydrogen) atoms. The van der Waals surface area contributed by atoms with E-state index in [9.17, 15) is 4.79 Å². The molecule has 3 aliphatic rings. The Bertz CT molecular complexity index is 610. The summed E-state index contributed by atoms with van der Waals surface area (Å²) in [5, 5.41) is 7.05. The predicted octanol–water partition coefficient (Wildman–Crippen LogP) is 2.12. The Labute approximate surface area is 160 Å². The van der Waals surface area contributed by atoms with Crippen LogP contribution < -0.4 is 5.32 Å². The number of urea groups is 1. The quantitative estimate of drug-likeness (QED) is 0.846. The second-order valence-corrected chi connectivity index (χ2v) is 7.94. The number of hydrogen-bond acceptors (Lipinski definition) is 6. The molecule has 0 unspecified atom stereocenters. The molecule has 0 aromatic carbocycles. The Morgan fingerprint density at radius 2 is 1.85 bits per heavy atom. The molecule has 8 heteroatoms. The van der Waals surface area contributed by atoms with Crippen molar-refractivity contribution < 1.29 is 14.1 Å². The second-order valence-electron chi connectivity index (χ2n) is 7.94. The zero-order valence-electron chi connectivity index (χ0n) is 16.1. The highest BCUT2D eigenvalue weighted by Crippen LogP contribution is 2.32. The lowest BCUT2D eigenvalue weighted by Crippen LogP contribution is -2.54. The van der Waals surface area contributed by atoms with Crippen LogP contribution in [0.25, 0.3) is 0 Å². The first-order valence-electron chi connectivity index (χ1n) is 10.5. The molecule has 8 nitrogen and oxygen atoms in total. The molecule has 150 valence electrons. The van der Waals surface area contributed by atoms with Crippen LogP contribution in [-0.2, 0) is 11.3 Å². The van der Waals surface area contributed by atoms with Gasteiger partial charge < -0.3 is 19.5 Å². The summed E-state index contributed by atoms with van der Waals surface area (Å²) in [6, 6.07) is 0.261. The Kier molecular flexibility index (Phi) is 6.24. The van der Waals surface area contributed by atoms with E-state index in [4.69, 9.17) is 9.26 Å². The zero-order valence-corrected chi connectivity index (χ0v) is 16.1. The number of morpholine rings is 1. The Hall–Kier alpha value is -1.67. The molecule has 2 amide bonds. The number of ether oxygens (including phenoxy) is 1. The normalized spacial score (nSPS) is 25.0. The molecule has 4 rings (SSSR count). The number of aromatic nitrogens is 2. The Morgan fingerprint density at radius 3 is 2.67 bits per heavy atom. The monoisotopic (exact) mass is 377 g/mol. The van der Waals surface area contributed by atoms with E-state index in [0.717, 1.165) is 71.0 Å². The maximum atomic E-state index is 12.8. The van der Waals surface area contributed by atoms with Crippen LogP contribution in [0.3, 0.4) is 0 Å². The van der Waals surface area contributed by atoms with Gasteiger partial charge in [-0.25, -0.2) is 4.79 Å². The molecule has 1 atom stereocenters. The molecule has 1 aromatic rings. The summed E-state index contributed by atoms with van der Waals surface area (Å²) in [5.74, 6) is 1.72. The molecule has 1 aromatic heterocycles. The predicted molar refractivity (Wildman–Crippen MR) is 99.3 cm³/mol. The average Bonchev–Trinajstić information content (AvgIpc) is 3.39. The lowest BCUT2D eigenvalue weighted by Gasteiger charge is -2.39. The van der Waals surface area contributed by atoms with Crippen LogP contribution in [0.1, 0.15) is 62.6 Å². The van der Waals surface area contributed by atoms with E-state index in [1.165, 1.54) is 19.3 Å². The topological polar surface area (TPSA) is 83.7 Å². The third-order valence-electron chi connectivity index (χ3n) is 6.05. The van der Waals surface area contributed by atoms with Gasteiger partial charge in [-0.05, 0) is 32.1 Å². The van der Waals surface area contributed by atoms with Crippen molar-refractivity contribution in [1.29, 1.82) is 0 Å². The maximum Gasteiger partial charge on any atom is 0.318 e. The summed E-state index contributed by atoms with van der Waals surface area (Å²) < 4.78 is 10.8. The van der Waals surface area contributed by atoms with Crippen molar-refractivity contribution >= 4 is 6.03 Å². The first kappa shape index (κ1) is 18.7. The van der Waals surface area contributed by atoms with E-state index in [-0.39, 0.29) is 12.1 Å². The highest BCUT2D eigenvalue weighted by atomic mass is 16.5. The highest BCUT2D eigenvalue weighted by Gasteiger charge is 2.29. The fourth-order valence-corrected chi connectivity index (χ4v) is 4.47. The van der Waals surface area contributed by atoms with Crippen LogP contribution in [0.5, 0.6) is 0 Å². The van der Waals surface area contributed by atoms with Gasteiger partial charge in [0.15, 0.2) is 5.82 Å². The van der Waals surface area contributed by atoms with Crippen molar-refractivity contribution in [3.63, 3.8) is 0 Å². The number of rotatable bonds is 5. The third-order valence-corrected chi connectivity index (χ3v) is 6.05. The van der Waals surface area contributed by atoms with Crippen LogP contribution >= 0.6 is 0 Å². The van der Waals surface area contributed by atoms with Gasteiger partial charge in [0.2, 0.25) is 5.89 Å². The molecule has 0 bridgehead atoms. The fourth-order valence-electron chi connectivity index (χ4n) is 4.47. The zero-order chi connectivity index (χ0) is 18.5. The van der Waals surface area contributed by atoms with Gasteiger partial charge in [0, 0.05) is 38.1 Å². The fraction of sp³-hybridized carbons (Fsp3) is 0.842. The molecule has 1 N–H and O–H groups in total. The lowest BCUT2D eigenvalue weighted by molar-refractivity contribution is 0.0221. The van der Waals surface area contributed by atoms with Crippen LogP contribution in [0, 0.1) is 0 Å². The Balaban J connectivity index is 1.29. The number of piperidine rings is 1. The standard InChI is InChI=1S/C19H31N5O3/c25-19(20-13-17-21-18(27-22-17)15-5-1-2-6-15)24-8-4-3-7-16(24)14-23-9-11-26-12-10-23/h15-16H,1-14H2,(H,20,25)/t16-/m1/s1. The molecule has 1 aliphatic carbocycles. The average molecular weight is 377 g/mol. The van der Waals surface area contributed by atoms with Gasteiger partial charge in [-0.2, -0.15) is 4.98 Å². The number of carbonyl (C=O) groups is 1. The van der Waals surface area contributed by atoms with Crippen LogP contribution in [0.2, 0.25) is 0 Å². The summed E-state index contributed by atoms with van der Waals surface area (Å²) >= 11 is 0. The lowest BCUT2D eigenvalue weighted by atomic mass is 10.0. The van der Waals surface area contributed by atoms with Crippen molar-refractivity contribution in [1.82, 2.24) is 25.3 Å². The van der Waals surface area contributed by atoms with E-state index >= 15 is 0 Å². The van der Waals surface area contributed by atoms with Crippen LogP contribution in [-0.4, -0.2) is 71.4 Å². The number of amides is 2. The van der Waals surface area contributed by atoms with E-state index < -0.39 is 0 Å². The molecular weight excluding hydrogens is 346 g/mol. The van der Waals surface area contributed by atoms with Gasteiger partial charge in [0.1, 0.15) is 0 Å². The molecule has 2 saturated heterocycles. The van der Waals surface area contributed by atoms with Gasteiger partial charge >= 0.3 is 6.03 Å². The molecule has 0 spiro atoms. The summed E-state index contributed by atoms with van der Waals surface area (Å²) in [6.07, 6.45) is 8.06. The summed E-state index contributed by atoms with van der Waals surface area (Å²) in [7, 11) is 0. The van der Waals surface area contributed by atoms with Gasteiger partial charge in [0.25, 0.3) is 0 Å². The summed E-state index contributed by atoms with van der Waals surface area (Å²) in [5.41, 5.74) is 0. The van der Waals surface area contributed by atoms with Crippen molar-refractivity contribution in [2.45, 2.75) is 63.5 Å². The van der Waals surface area contributed by atoms with Crippen molar-refractivity contribution in [3.8, 4) is 0 Å². The van der Waals surface area contributed by atoms with E-state index in [1.54, 1.807) is 0 Å². The minimum Gasteiger partial charge on any atom is -0.379 e. The Morgan fingerprint density at radius 1 is 1.07 bits per heavy atom. The first-order chi connectivity index (χ1) is 13.3. The first-order valence-corrected chi connectivity index (χ1v) is 10.5. The largest absolute Gasteiger partial charge is 0.379 e. The van der Waals surface area contributed by atoms with E-state index in [0.29, 0.717) is 18.3 Å². The van der Waals surface area contributed by atoms with Gasteiger partial charge in [0.05, 0.1) is 19.8 Å². The maximum absolute atomic E-state index is 12.8. The number of carbonyl (C=O) groups excluding carboxylic acids is 1. The van der Waals surface area contributed by atoms with Crippen molar-refractivity contribution in [2.24, 2.45) is 0 Å². The third kappa shape index (κ3) is 4.79. The minimum absolute atomic E-state index is 0.0137. The number of nitrogens with one attached hydrogen (secondary N) is 1. The molecule has 3 fully saturated rings. The van der Waals surface area contributed by atoms with E-state index in [2.05, 4.69) is 20.4 Å². The minimum atomic E-state index is -0.0137. The van der Waals surface area contributed by atoms with Crippen molar-refractivity contribution in [2.75, 3.05) is 39.4 Å². The second kappa shape index (κ2) is 9.01. The number of nitrogens with zero attached hydrogens (tertiary/aromatic N) is 4. The van der Waals surface area contributed by atoms with Gasteiger partial charge in [-0.3, -0.25) is 4.90 Å². The molecule has 1 saturated carbocycles. The highest BCUT2D eigenvalue weighted by molar-refractivity contribution is 5.74. The molecule has 0 radical (unpaired) electrons. The summed E-state index contributed by atoms with van der Waals surface area (Å²) in [4.78, 5) is 21.7. The van der Waals surface area contributed by atoms with Crippen LogP contribution in [0.15, 0.2) is 4.52 Å². The van der Waals surface area contributed by atoms with Gasteiger partial charge in [-0.1, -0.05) is 18.0 Å². The number of likely N-dealkylation sites (tertiary alicyclic amines) is 1. The van der Waals surface area contributed by atoms with E-state index in [1.807, 2.05) is 4.90 Å². The SMILES string of the molecule is O=C(NCc1noc(C2CCCC2)n1)N1CCCC[C@@H]1CN1CCOCC1. The van der Waals surface area contributed by atoms with Gasteiger partial charge in [-0.15, -0.1) is 0 Å². The van der Waals surface area contributed by atoms with Crippen molar-refractivity contribution in [3.05, 3.63) is 11.7 Å². The number of hydrogen-bond donors (Lipinski definition) is 1. The van der Waals surface area contributed by atoms with Crippen LogP contribution in [0.4, 0.5) is 4.79 Å². The summed E-state index contributed by atoms with van der Waals surface area (Å²) in [6.45, 7) is 5.58. The molecule has 2 aliphatic heterocycles. The molecular formula is C19H31N5O3. The smallest absolute Gasteiger partial charge is 0.318 e. The molecule has 3 heterocycles.